The summed E-state index contributed by atoms with van der Waals surface area (Å²) < 4.78 is 5.89. The van der Waals surface area contributed by atoms with Crippen LogP contribution in [0, 0.1) is 11.8 Å². The molecular weight excluding hydrogens is 468 g/mol. The first kappa shape index (κ1) is 23.7. The molecule has 4 heterocycles. The predicted octanol–water partition coefficient (Wildman–Crippen LogP) is 2.82. The summed E-state index contributed by atoms with van der Waals surface area (Å²) in [5, 5.41) is 3.77. The van der Waals surface area contributed by atoms with Crippen LogP contribution in [0.1, 0.15) is 26.2 Å². The van der Waals surface area contributed by atoms with Gasteiger partial charge in [-0.2, -0.15) is 4.98 Å². The Labute approximate surface area is 210 Å². The number of piperidine rings is 1. The van der Waals surface area contributed by atoms with Crippen molar-refractivity contribution in [2.75, 3.05) is 43.9 Å². The number of amides is 2. The SMILES string of the molecule is CC1CCN(c2ncc(Cl)c(NC3=CC4C=C(O[C@H]5CCN(C)C5=O)C(=O)N(C)C4C=C3)n2)CC1. The molecule has 186 valence electrons. The number of hydrogen-bond acceptors (Lipinski definition) is 7. The second-order valence-corrected chi connectivity index (χ2v) is 10.2. The molecule has 10 heteroatoms. The van der Waals surface area contributed by atoms with Gasteiger partial charge in [-0.15, -0.1) is 0 Å². The molecule has 5 rings (SSSR count). The molecule has 2 saturated heterocycles. The van der Waals surface area contributed by atoms with E-state index in [0.717, 1.165) is 37.5 Å². The molecule has 1 aliphatic carbocycles. The molecule has 1 aromatic heterocycles. The maximum atomic E-state index is 12.9. The summed E-state index contributed by atoms with van der Waals surface area (Å²) in [4.78, 5) is 39.8. The molecule has 35 heavy (non-hydrogen) atoms. The lowest BCUT2D eigenvalue weighted by atomic mass is 9.89. The highest BCUT2D eigenvalue weighted by atomic mass is 35.5. The van der Waals surface area contributed by atoms with Crippen molar-refractivity contribution in [3.63, 3.8) is 0 Å². The van der Waals surface area contributed by atoms with Crippen LogP contribution in [-0.4, -0.2) is 77.5 Å². The van der Waals surface area contributed by atoms with E-state index in [1.807, 2.05) is 24.3 Å². The molecule has 0 saturated carbocycles. The number of ether oxygens (including phenoxy) is 1. The van der Waals surface area contributed by atoms with Crippen LogP contribution in [0.25, 0.3) is 0 Å². The van der Waals surface area contributed by atoms with Gasteiger partial charge < -0.3 is 24.8 Å². The number of carbonyl (C=O) groups is 2. The Balaban J connectivity index is 1.34. The van der Waals surface area contributed by atoms with E-state index in [-0.39, 0.29) is 29.5 Å². The molecule has 4 aliphatic rings. The maximum absolute atomic E-state index is 12.9. The van der Waals surface area contributed by atoms with Crippen LogP contribution in [0.5, 0.6) is 0 Å². The number of aromatic nitrogens is 2. The molecule has 0 aromatic carbocycles. The molecule has 0 bridgehead atoms. The lowest BCUT2D eigenvalue weighted by molar-refractivity contribution is -0.139. The molecule has 1 aromatic rings. The van der Waals surface area contributed by atoms with E-state index in [9.17, 15) is 9.59 Å². The summed E-state index contributed by atoms with van der Waals surface area (Å²) in [6.45, 7) is 4.76. The summed E-state index contributed by atoms with van der Waals surface area (Å²) in [7, 11) is 3.50. The minimum atomic E-state index is -0.614. The number of nitrogens with one attached hydrogen (secondary N) is 1. The van der Waals surface area contributed by atoms with Crippen LogP contribution in [0.3, 0.4) is 0 Å². The maximum Gasteiger partial charge on any atom is 0.288 e. The van der Waals surface area contributed by atoms with Crippen molar-refractivity contribution in [3.05, 3.63) is 47.0 Å². The van der Waals surface area contributed by atoms with Gasteiger partial charge in [0.15, 0.2) is 17.7 Å². The number of halogens is 1. The van der Waals surface area contributed by atoms with Crippen LogP contribution < -0.4 is 10.2 Å². The van der Waals surface area contributed by atoms with E-state index in [1.165, 1.54) is 0 Å². The fourth-order valence-electron chi connectivity index (χ4n) is 4.95. The first-order valence-corrected chi connectivity index (χ1v) is 12.5. The van der Waals surface area contributed by atoms with Crippen LogP contribution in [0.4, 0.5) is 11.8 Å². The van der Waals surface area contributed by atoms with Crippen LogP contribution in [0.2, 0.25) is 5.02 Å². The third-order valence-corrected chi connectivity index (χ3v) is 7.55. The first-order valence-electron chi connectivity index (χ1n) is 12.2. The minimum absolute atomic E-state index is 0.0951. The van der Waals surface area contributed by atoms with Gasteiger partial charge in [0.25, 0.3) is 11.8 Å². The van der Waals surface area contributed by atoms with Gasteiger partial charge in [-0.1, -0.05) is 30.7 Å². The Morgan fingerprint density at radius 1 is 1.11 bits per heavy atom. The number of likely N-dealkylation sites (tertiary alicyclic amines) is 1. The monoisotopic (exact) mass is 498 g/mol. The van der Waals surface area contributed by atoms with Gasteiger partial charge in [0, 0.05) is 51.8 Å². The third-order valence-electron chi connectivity index (χ3n) is 7.27. The standard InChI is InChI=1S/C25H31ClN6O3/c1-15-6-10-32(11-7-15)25-27-14-18(26)22(29-25)28-17-4-5-19-16(12-17)13-21(24(34)31(19)3)35-20-8-9-30(2)23(20)33/h4-5,12-16,19-20H,6-11H2,1-3H3,(H,27,28,29)/t16?,19?,20-/m0/s1. The molecular formula is C25H31ClN6O3. The number of nitrogens with zero attached hydrogens (tertiary/aromatic N) is 5. The van der Waals surface area contributed by atoms with Crippen molar-refractivity contribution in [2.45, 2.75) is 38.3 Å². The van der Waals surface area contributed by atoms with E-state index in [4.69, 9.17) is 21.3 Å². The summed E-state index contributed by atoms with van der Waals surface area (Å²) in [5.74, 6) is 1.73. The fourth-order valence-corrected chi connectivity index (χ4v) is 5.09. The van der Waals surface area contributed by atoms with Crippen molar-refractivity contribution in [1.29, 1.82) is 0 Å². The normalized spacial score (nSPS) is 27.1. The van der Waals surface area contributed by atoms with E-state index >= 15 is 0 Å². The number of carbonyl (C=O) groups excluding carboxylic acids is 2. The zero-order chi connectivity index (χ0) is 24.7. The number of fused-ring (bicyclic) bond motifs is 1. The quantitative estimate of drug-likeness (QED) is 0.667. The number of rotatable bonds is 5. The number of anilines is 2. The zero-order valence-electron chi connectivity index (χ0n) is 20.3. The average molecular weight is 499 g/mol. The second kappa shape index (κ2) is 9.53. The first-order chi connectivity index (χ1) is 16.8. The van der Waals surface area contributed by atoms with Crippen molar-refractivity contribution in [1.82, 2.24) is 19.8 Å². The van der Waals surface area contributed by atoms with Crippen molar-refractivity contribution in [3.8, 4) is 0 Å². The molecule has 2 amide bonds. The minimum Gasteiger partial charge on any atom is -0.475 e. The Kier molecular flexibility index (Phi) is 6.44. The van der Waals surface area contributed by atoms with Gasteiger partial charge in [0.2, 0.25) is 5.95 Å². The van der Waals surface area contributed by atoms with Gasteiger partial charge in [-0.05, 0) is 30.9 Å². The second-order valence-electron chi connectivity index (χ2n) is 9.81. The molecule has 0 radical (unpaired) electrons. The van der Waals surface area contributed by atoms with Crippen LogP contribution in [-0.2, 0) is 14.3 Å². The molecule has 9 nitrogen and oxygen atoms in total. The Morgan fingerprint density at radius 3 is 2.60 bits per heavy atom. The molecule has 3 atom stereocenters. The summed E-state index contributed by atoms with van der Waals surface area (Å²) in [6.07, 6.45) is 11.6. The number of allylic oxidation sites excluding steroid dienone is 1. The topological polar surface area (TPSA) is 90.9 Å². The highest BCUT2D eigenvalue weighted by Crippen LogP contribution is 2.32. The largest absolute Gasteiger partial charge is 0.475 e. The molecule has 2 unspecified atom stereocenters. The van der Waals surface area contributed by atoms with Gasteiger partial charge >= 0.3 is 0 Å². The third kappa shape index (κ3) is 4.74. The highest BCUT2D eigenvalue weighted by Gasteiger charge is 2.38. The Morgan fingerprint density at radius 2 is 1.89 bits per heavy atom. The highest BCUT2D eigenvalue weighted by molar-refractivity contribution is 6.32. The van der Waals surface area contributed by atoms with Gasteiger partial charge in [-0.3, -0.25) is 9.59 Å². The smallest absolute Gasteiger partial charge is 0.288 e. The van der Waals surface area contributed by atoms with E-state index in [1.54, 1.807) is 30.1 Å². The molecule has 2 fully saturated rings. The number of hydrogen-bond donors (Lipinski definition) is 1. The van der Waals surface area contributed by atoms with Crippen LogP contribution in [0.15, 0.2) is 42.0 Å². The predicted molar refractivity (Wildman–Crippen MR) is 134 cm³/mol. The van der Waals surface area contributed by atoms with Gasteiger partial charge in [0.05, 0.1) is 12.2 Å². The van der Waals surface area contributed by atoms with Gasteiger partial charge in [0.1, 0.15) is 5.02 Å². The fraction of sp³-hybridized carbons (Fsp3) is 0.520. The van der Waals surface area contributed by atoms with E-state index in [0.29, 0.717) is 29.8 Å². The summed E-state index contributed by atoms with van der Waals surface area (Å²) in [5.41, 5.74) is 0.820. The van der Waals surface area contributed by atoms with E-state index < -0.39 is 6.10 Å². The summed E-state index contributed by atoms with van der Waals surface area (Å²) >= 11 is 6.42. The molecule has 3 aliphatic heterocycles. The van der Waals surface area contributed by atoms with E-state index in [2.05, 4.69) is 22.1 Å². The van der Waals surface area contributed by atoms with Gasteiger partial charge in [-0.25, -0.2) is 4.98 Å². The Hall–Kier alpha value is -3.07. The van der Waals surface area contributed by atoms with Crippen LogP contribution >= 0.6 is 11.6 Å². The summed E-state index contributed by atoms with van der Waals surface area (Å²) in [6, 6.07) is -0.130. The lowest BCUT2D eigenvalue weighted by Crippen LogP contribution is -2.46. The molecule has 1 N–H and O–H groups in total. The zero-order valence-corrected chi connectivity index (χ0v) is 21.0. The molecule has 0 spiro atoms. The Bertz CT molecular complexity index is 1110. The van der Waals surface area contributed by atoms with Crippen molar-refractivity contribution < 1.29 is 14.3 Å². The number of likely N-dealkylation sites (N-methyl/N-ethyl adjacent to an activating group) is 2. The van der Waals surface area contributed by atoms with Crippen molar-refractivity contribution >= 4 is 35.2 Å². The van der Waals surface area contributed by atoms with Crippen molar-refractivity contribution in [2.24, 2.45) is 11.8 Å². The average Bonchev–Trinajstić information content (AvgIpc) is 3.16. The lowest BCUT2D eigenvalue weighted by Gasteiger charge is -2.37.